The highest BCUT2D eigenvalue weighted by Crippen LogP contribution is 2.67. The van der Waals surface area contributed by atoms with Crippen LogP contribution in [0.5, 0.6) is 0 Å². The van der Waals surface area contributed by atoms with Crippen LogP contribution in [0.15, 0.2) is 0 Å². The fraction of sp³-hybridized carbons (Fsp3) is 0.880. The van der Waals surface area contributed by atoms with Crippen molar-refractivity contribution < 1.29 is 19.1 Å². The molecule has 3 N–H and O–H groups in total. The number of carbonyl (C=O) groups excluding carboxylic acids is 3. The van der Waals surface area contributed by atoms with Crippen LogP contribution in [0, 0.1) is 40.4 Å². The van der Waals surface area contributed by atoms with Crippen LogP contribution in [0.2, 0.25) is 0 Å². The van der Waals surface area contributed by atoms with E-state index in [4.69, 9.17) is 10.5 Å². The number of amides is 1. The predicted molar refractivity (Wildman–Crippen MR) is 118 cm³/mol. The maximum absolute atomic E-state index is 12.3. The molecule has 0 bridgehead atoms. The second-order valence-electron chi connectivity index (χ2n) is 11.3. The van der Waals surface area contributed by atoms with Crippen LogP contribution in [0.4, 0.5) is 0 Å². The van der Waals surface area contributed by atoms with E-state index in [2.05, 4.69) is 19.2 Å². The number of hydrogen-bond acceptors (Lipinski definition) is 5. The van der Waals surface area contributed by atoms with E-state index in [1.54, 1.807) is 6.92 Å². The van der Waals surface area contributed by atoms with E-state index >= 15 is 0 Å². The smallest absolute Gasteiger partial charge is 0.325 e. The summed E-state index contributed by atoms with van der Waals surface area (Å²) in [5, 5.41) is 2.50. The maximum atomic E-state index is 12.3. The van der Waals surface area contributed by atoms with Crippen molar-refractivity contribution in [3.8, 4) is 0 Å². The molecule has 4 rings (SSSR count). The van der Waals surface area contributed by atoms with Gasteiger partial charge in [0.15, 0.2) is 0 Å². The standard InChI is InChI=1S/C25H40N2O4/c1-15(28)19-6-7-20-18-5-4-16-12-17(31-23(30)14-27-22(29)13-26)8-10-24(16,2)21(18)9-11-25(19,20)3/h16-21H,4-14,26H2,1-3H3,(H,27,29)/t16-,17+,18-,19+,20-,21-,24-,25+/m0/s1. The van der Waals surface area contributed by atoms with Gasteiger partial charge in [-0.25, -0.2) is 0 Å². The highest BCUT2D eigenvalue weighted by atomic mass is 16.5. The average molecular weight is 433 g/mol. The topological polar surface area (TPSA) is 98.5 Å². The number of Topliss-reactive ketones (excluding diaryl/α,β-unsaturated/α-hetero) is 1. The van der Waals surface area contributed by atoms with Crippen LogP contribution in [0.1, 0.15) is 78.6 Å². The molecule has 0 saturated heterocycles. The minimum atomic E-state index is -0.362. The van der Waals surface area contributed by atoms with E-state index < -0.39 is 0 Å². The molecule has 4 aliphatic rings. The highest BCUT2D eigenvalue weighted by molar-refractivity contribution is 5.83. The molecule has 4 aliphatic carbocycles. The monoisotopic (exact) mass is 432 g/mol. The van der Waals surface area contributed by atoms with Gasteiger partial charge < -0.3 is 15.8 Å². The molecule has 1 amide bonds. The third kappa shape index (κ3) is 3.94. The van der Waals surface area contributed by atoms with Gasteiger partial charge in [-0.3, -0.25) is 14.4 Å². The van der Waals surface area contributed by atoms with Gasteiger partial charge in [0, 0.05) is 5.92 Å². The fourth-order valence-electron chi connectivity index (χ4n) is 8.46. The van der Waals surface area contributed by atoms with Crippen molar-refractivity contribution in [2.75, 3.05) is 13.1 Å². The lowest BCUT2D eigenvalue weighted by molar-refractivity contribution is -0.162. The quantitative estimate of drug-likeness (QED) is 0.650. The number of esters is 1. The van der Waals surface area contributed by atoms with Crippen molar-refractivity contribution in [3.05, 3.63) is 0 Å². The van der Waals surface area contributed by atoms with Gasteiger partial charge in [-0.1, -0.05) is 13.8 Å². The Labute approximate surface area is 186 Å². The number of fused-ring (bicyclic) bond motifs is 5. The third-order valence-corrected chi connectivity index (χ3v) is 10.0. The normalized spacial score (nSPS) is 43.9. The van der Waals surface area contributed by atoms with Gasteiger partial charge in [0.1, 0.15) is 18.4 Å². The number of ether oxygens (including phenoxy) is 1. The molecule has 0 radical (unpaired) electrons. The minimum Gasteiger partial charge on any atom is -0.461 e. The van der Waals surface area contributed by atoms with Gasteiger partial charge in [0.05, 0.1) is 6.54 Å². The second-order valence-corrected chi connectivity index (χ2v) is 11.3. The first-order chi connectivity index (χ1) is 14.7. The molecule has 0 aromatic carbocycles. The number of rotatable bonds is 5. The largest absolute Gasteiger partial charge is 0.461 e. The summed E-state index contributed by atoms with van der Waals surface area (Å²) in [7, 11) is 0. The summed E-state index contributed by atoms with van der Waals surface area (Å²) in [6, 6.07) is 0. The number of ketones is 1. The van der Waals surface area contributed by atoms with Crippen molar-refractivity contribution >= 4 is 17.7 Å². The Morgan fingerprint density at radius 1 is 0.968 bits per heavy atom. The van der Waals surface area contributed by atoms with Crippen LogP contribution in [-0.4, -0.2) is 36.9 Å². The van der Waals surface area contributed by atoms with Gasteiger partial charge in [-0.2, -0.15) is 0 Å². The zero-order valence-corrected chi connectivity index (χ0v) is 19.5. The van der Waals surface area contributed by atoms with E-state index in [0.717, 1.165) is 37.5 Å². The summed E-state index contributed by atoms with van der Waals surface area (Å²) in [4.78, 5) is 35.7. The summed E-state index contributed by atoms with van der Waals surface area (Å²) in [5.74, 6) is 2.72. The Morgan fingerprint density at radius 3 is 2.39 bits per heavy atom. The zero-order chi connectivity index (χ0) is 22.4. The molecule has 0 unspecified atom stereocenters. The Morgan fingerprint density at radius 2 is 1.68 bits per heavy atom. The lowest BCUT2D eigenvalue weighted by Crippen LogP contribution is -2.54. The lowest BCUT2D eigenvalue weighted by atomic mass is 9.44. The van der Waals surface area contributed by atoms with Gasteiger partial charge in [-0.05, 0) is 99.2 Å². The lowest BCUT2D eigenvalue weighted by Gasteiger charge is -2.61. The maximum Gasteiger partial charge on any atom is 0.325 e. The molecule has 6 nitrogen and oxygen atoms in total. The number of nitrogens with two attached hydrogens (primary N) is 1. The van der Waals surface area contributed by atoms with Crippen LogP contribution in [0.25, 0.3) is 0 Å². The van der Waals surface area contributed by atoms with Crippen molar-refractivity contribution in [3.63, 3.8) is 0 Å². The number of hydrogen-bond donors (Lipinski definition) is 2. The molecule has 0 aromatic rings. The van der Waals surface area contributed by atoms with E-state index in [1.807, 2.05) is 0 Å². The number of carbonyl (C=O) groups is 3. The van der Waals surface area contributed by atoms with E-state index in [-0.39, 0.29) is 42.4 Å². The molecule has 8 atom stereocenters. The van der Waals surface area contributed by atoms with Crippen LogP contribution >= 0.6 is 0 Å². The zero-order valence-electron chi connectivity index (χ0n) is 19.5. The Kier molecular flexibility index (Phi) is 6.23. The van der Waals surface area contributed by atoms with E-state index in [9.17, 15) is 14.4 Å². The summed E-state index contributed by atoms with van der Waals surface area (Å²) in [5.41, 5.74) is 5.79. The highest BCUT2D eigenvalue weighted by Gasteiger charge is 2.60. The molecule has 31 heavy (non-hydrogen) atoms. The summed E-state index contributed by atoms with van der Waals surface area (Å²) in [6.45, 7) is 6.48. The molecule has 0 spiro atoms. The molecule has 0 aromatic heterocycles. The molecule has 0 heterocycles. The Bertz CT molecular complexity index is 739. The molecule has 0 aliphatic heterocycles. The Hall–Kier alpha value is -1.43. The third-order valence-electron chi connectivity index (χ3n) is 10.0. The van der Waals surface area contributed by atoms with E-state index in [0.29, 0.717) is 23.0 Å². The van der Waals surface area contributed by atoms with Crippen molar-refractivity contribution in [2.24, 2.45) is 46.2 Å². The Balaban J connectivity index is 1.39. The first-order valence-electron chi connectivity index (χ1n) is 12.4. The molecular formula is C25H40N2O4. The summed E-state index contributed by atoms with van der Waals surface area (Å²) >= 11 is 0. The summed E-state index contributed by atoms with van der Waals surface area (Å²) < 4.78 is 5.71. The fourth-order valence-corrected chi connectivity index (χ4v) is 8.46. The van der Waals surface area contributed by atoms with Crippen molar-refractivity contribution in [2.45, 2.75) is 84.7 Å². The van der Waals surface area contributed by atoms with Gasteiger partial charge in [0.2, 0.25) is 5.91 Å². The van der Waals surface area contributed by atoms with Crippen molar-refractivity contribution in [1.29, 1.82) is 0 Å². The second kappa shape index (κ2) is 8.49. The molecule has 4 fully saturated rings. The van der Waals surface area contributed by atoms with E-state index in [1.165, 1.54) is 32.1 Å². The molecule has 4 saturated carbocycles. The first-order valence-corrected chi connectivity index (χ1v) is 12.4. The predicted octanol–water partition coefficient (Wildman–Crippen LogP) is 3.22. The first kappa shape index (κ1) is 22.8. The van der Waals surface area contributed by atoms with Crippen molar-refractivity contribution in [1.82, 2.24) is 5.32 Å². The molecule has 174 valence electrons. The number of nitrogens with one attached hydrogen (secondary N) is 1. The van der Waals surface area contributed by atoms with Crippen LogP contribution in [0.3, 0.4) is 0 Å². The minimum absolute atomic E-state index is 0.0423. The van der Waals surface area contributed by atoms with Gasteiger partial charge in [0.25, 0.3) is 0 Å². The van der Waals surface area contributed by atoms with Gasteiger partial charge >= 0.3 is 5.97 Å². The van der Waals surface area contributed by atoms with Crippen LogP contribution in [-0.2, 0) is 19.1 Å². The molecular weight excluding hydrogens is 392 g/mol. The molecule has 6 heteroatoms. The average Bonchev–Trinajstić information content (AvgIpc) is 3.09. The summed E-state index contributed by atoms with van der Waals surface area (Å²) in [6.07, 6.45) is 10.1. The van der Waals surface area contributed by atoms with Gasteiger partial charge in [-0.15, -0.1) is 0 Å². The van der Waals surface area contributed by atoms with Crippen LogP contribution < -0.4 is 11.1 Å². The SMILES string of the molecule is CC(=O)[C@H]1CC[C@H]2[C@@H]3CC[C@H]4C[C@H](OC(=O)CNC(=O)CN)CC[C@]4(C)[C@H]3CC[C@]12C.